The van der Waals surface area contributed by atoms with Gasteiger partial charge in [-0.3, -0.25) is 0 Å². The zero-order valence-electron chi connectivity index (χ0n) is 9.18. The number of nitrogens with two attached hydrogens (primary N) is 2. The molecule has 2 nitrogen and oxygen atoms in total. The number of benzene rings is 2. The Kier molecular flexibility index (Phi) is 2.27. The monoisotopic (exact) mass is 240 g/mol. The molecule has 2 aromatic carbocycles. The summed E-state index contributed by atoms with van der Waals surface area (Å²) in [4.78, 5) is 1.18. The maximum atomic E-state index is 5.99. The molecule has 0 aliphatic carbocycles. The normalized spacial score (nSPS) is 10.8. The third-order valence-corrected chi connectivity index (χ3v) is 3.80. The molecule has 0 saturated heterocycles. The lowest BCUT2D eigenvalue weighted by Crippen LogP contribution is -1.87. The number of anilines is 2. The second-order valence-corrected chi connectivity index (χ2v) is 5.07. The van der Waals surface area contributed by atoms with Gasteiger partial charge in [0.15, 0.2) is 0 Å². The molecule has 0 aliphatic heterocycles. The fourth-order valence-electron chi connectivity index (χ4n) is 2.05. The zero-order chi connectivity index (χ0) is 11.8. The first-order valence-electron chi connectivity index (χ1n) is 5.38. The highest BCUT2D eigenvalue weighted by molar-refractivity contribution is 7.19. The first-order chi connectivity index (χ1) is 8.25. The van der Waals surface area contributed by atoms with Gasteiger partial charge in [0.2, 0.25) is 0 Å². The predicted octanol–water partition coefficient (Wildman–Crippen LogP) is 3.73. The van der Waals surface area contributed by atoms with Gasteiger partial charge in [-0.15, -0.1) is 11.3 Å². The standard InChI is InChI=1S/C14H12N2S/c15-12-6-2-3-9-10(12)4-1-5-11(9)13-7-8-14(16)17-13/h1-8H,15-16H2. The lowest BCUT2D eigenvalue weighted by molar-refractivity contribution is 1.72. The van der Waals surface area contributed by atoms with E-state index in [0.717, 1.165) is 16.1 Å². The van der Waals surface area contributed by atoms with Gasteiger partial charge in [-0.2, -0.15) is 0 Å². The molecule has 1 aromatic heterocycles. The van der Waals surface area contributed by atoms with E-state index in [0.29, 0.717) is 0 Å². The van der Waals surface area contributed by atoms with Gasteiger partial charge in [0.05, 0.1) is 5.00 Å². The van der Waals surface area contributed by atoms with Crippen LogP contribution in [0.3, 0.4) is 0 Å². The molecule has 84 valence electrons. The van der Waals surface area contributed by atoms with Crippen molar-refractivity contribution in [3.05, 3.63) is 48.5 Å². The average molecular weight is 240 g/mol. The van der Waals surface area contributed by atoms with Crippen molar-refractivity contribution in [3.63, 3.8) is 0 Å². The highest BCUT2D eigenvalue weighted by Gasteiger charge is 2.06. The van der Waals surface area contributed by atoms with E-state index < -0.39 is 0 Å². The highest BCUT2D eigenvalue weighted by Crippen LogP contribution is 2.35. The van der Waals surface area contributed by atoms with Crippen LogP contribution in [0.2, 0.25) is 0 Å². The summed E-state index contributed by atoms with van der Waals surface area (Å²) in [6, 6.07) is 16.2. The molecule has 3 aromatic rings. The van der Waals surface area contributed by atoms with Crippen molar-refractivity contribution in [3.8, 4) is 10.4 Å². The van der Waals surface area contributed by atoms with Gasteiger partial charge in [0.25, 0.3) is 0 Å². The van der Waals surface area contributed by atoms with Crippen LogP contribution in [0.1, 0.15) is 0 Å². The second-order valence-electron chi connectivity index (χ2n) is 3.95. The van der Waals surface area contributed by atoms with Gasteiger partial charge in [0.1, 0.15) is 0 Å². The molecule has 0 unspecified atom stereocenters. The minimum absolute atomic E-state index is 0.814. The average Bonchev–Trinajstić information content (AvgIpc) is 2.76. The number of fused-ring (bicyclic) bond motifs is 1. The Bertz CT molecular complexity index is 686. The van der Waals surface area contributed by atoms with Crippen LogP contribution in [-0.2, 0) is 0 Å². The number of nitrogen functional groups attached to an aromatic ring is 2. The van der Waals surface area contributed by atoms with Gasteiger partial charge in [-0.05, 0) is 29.1 Å². The van der Waals surface area contributed by atoms with Gasteiger partial charge >= 0.3 is 0 Å². The van der Waals surface area contributed by atoms with E-state index in [9.17, 15) is 0 Å². The van der Waals surface area contributed by atoms with Crippen LogP contribution in [0.15, 0.2) is 48.5 Å². The maximum absolute atomic E-state index is 5.99. The minimum atomic E-state index is 0.814. The van der Waals surface area contributed by atoms with E-state index in [1.165, 1.54) is 15.8 Å². The summed E-state index contributed by atoms with van der Waals surface area (Å²) in [6.45, 7) is 0. The zero-order valence-corrected chi connectivity index (χ0v) is 10.00. The third-order valence-electron chi connectivity index (χ3n) is 2.85. The van der Waals surface area contributed by atoms with Crippen molar-refractivity contribution in [2.24, 2.45) is 0 Å². The van der Waals surface area contributed by atoms with Crippen LogP contribution in [0.4, 0.5) is 10.7 Å². The molecule has 4 N–H and O–H groups in total. The van der Waals surface area contributed by atoms with Crippen LogP contribution < -0.4 is 11.5 Å². The molecule has 0 aliphatic rings. The fourth-order valence-corrected chi connectivity index (χ4v) is 2.86. The van der Waals surface area contributed by atoms with E-state index in [4.69, 9.17) is 11.5 Å². The van der Waals surface area contributed by atoms with E-state index >= 15 is 0 Å². The van der Waals surface area contributed by atoms with Crippen LogP contribution in [-0.4, -0.2) is 0 Å². The molecule has 0 atom stereocenters. The first kappa shape index (κ1) is 10.2. The fraction of sp³-hybridized carbons (Fsp3) is 0. The van der Waals surface area contributed by atoms with Crippen molar-refractivity contribution < 1.29 is 0 Å². The van der Waals surface area contributed by atoms with Crippen LogP contribution in [0, 0.1) is 0 Å². The van der Waals surface area contributed by atoms with Crippen molar-refractivity contribution in [1.29, 1.82) is 0 Å². The molecule has 0 radical (unpaired) electrons. The van der Waals surface area contributed by atoms with Crippen molar-refractivity contribution >= 4 is 32.8 Å². The van der Waals surface area contributed by atoms with E-state index in [-0.39, 0.29) is 0 Å². The van der Waals surface area contributed by atoms with E-state index in [1.807, 2.05) is 30.3 Å². The second kappa shape index (κ2) is 3.79. The quantitative estimate of drug-likeness (QED) is 0.637. The maximum Gasteiger partial charge on any atom is 0.0862 e. The van der Waals surface area contributed by atoms with Crippen molar-refractivity contribution in [2.45, 2.75) is 0 Å². The van der Waals surface area contributed by atoms with Crippen molar-refractivity contribution in [1.82, 2.24) is 0 Å². The topological polar surface area (TPSA) is 52.0 Å². The van der Waals surface area contributed by atoms with Gasteiger partial charge < -0.3 is 11.5 Å². The summed E-state index contributed by atoms with van der Waals surface area (Å²) >= 11 is 1.60. The van der Waals surface area contributed by atoms with Crippen molar-refractivity contribution in [2.75, 3.05) is 11.5 Å². The molecule has 0 amide bonds. The number of hydrogen-bond acceptors (Lipinski definition) is 3. The van der Waals surface area contributed by atoms with E-state index in [2.05, 4.69) is 18.2 Å². The summed E-state index contributed by atoms with van der Waals surface area (Å²) in [5.74, 6) is 0. The Labute approximate surface area is 103 Å². The lowest BCUT2D eigenvalue weighted by atomic mass is 10.0. The Morgan fingerprint density at radius 1 is 0.765 bits per heavy atom. The van der Waals surface area contributed by atoms with Crippen LogP contribution >= 0.6 is 11.3 Å². The Hall–Kier alpha value is -2.00. The number of thiophene rings is 1. The van der Waals surface area contributed by atoms with Gasteiger partial charge in [-0.25, -0.2) is 0 Å². The SMILES string of the molecule is Nc1ccc(-c2cccc3c(N)cccc23)s1. The highest BCUT2D eigenvalue weighted by atomic mass is 32.1. The molecule has 0 saturated carbocycles. The Morgan fingerprint density at radius 3 is 2.29 bits per heavy atom. The molecule has 3 heteroatoms. The predicted molar refractivity (Wildman–Crippen MR) is 76.1 cm³/mol. The summed E-state index contributed by atoms with van der Waals surface area (Å²) in [7, 11) is 0. The molecule has 17 heavy (non-hydrogen) atoms. The van der Waals surface area contributed by atoms with E-state index in [1.54, 1.807) is 11.3 Å². The summed E-state index contributed by atoms with van der Waals surface area (Å²) in [6.07, 6.45) is 0. The summed E-state index contributed by atoms with van der Waals surface area (Å²) in [5.41, 5.74) is 13.8. The minimum Gasteiger partial charge on any atom is -0.398 e. The Morgan fingerprint density at radius 2 is 1.53 bits per heavy atom. The molecule has 0 bridgehead atoms. The molecule has 1 heterocycles. The largest absolute Gasteiger partial charge is 0.398 e. The lowest BCUT2D eigenvalue weighted by Gasteiger charge is -2.06. The molecule has 0 spiro atoms. The van der Waals surface area contributed by atoms with Crippen LogP contribution in [0.25, 0.3) is 21.2 Å². The third kappa shape index (κ3) is 1.65. The molecule has 3 rings (SSSR count). The summed E-state index contributed by atoms with van der Waals surface area (Å²) < 4.78 is 0. The number of hydrogen-bond donors (Lipinski definition) is 2. The first-order valence-corrected chi connectivity index (χ1v) is 6.20. The summed E-state index contributed by atoms with van der Waals surface area (Å²) in [5, 5.41) is 3.10. The smallest absolute Gasteiger partial charge is 0.0862 e. The van der Waals surface area contributed by atoms with Gasteiger partial charge in [-0.1, -0.05) is 30.3 Å². The van der Waals surface area contributed by atoms with Gasteiger partial charge in [0, 0.05) is 16.0 Å². The molecular weight excluding hydrogens is 228 g/mol. The Balaban J connectivity index is 2.34. The molecular formula is C14H12N2S. The van der Waals surface area contributed by atoms with Crippen LogP contribution in [0.5, 0.6) is 0 Å². The number of rotatable bonds is 1. The molecule has 0 fully saturated rings.